The lowest BCUT2D eigenvalue weighted by molar-refractivity contribution is 0.768. The molecule has 9 aromatic rings. The van der Waals surface area contributed by atoms with Crippen molar-refractivity contribution in [1.29, 1.82) is 0 Å². The van der Waals surface area contributed by atoms with E-state index >= 15 is 0 Å². The number of rotatable bonds is 13. The van der Waals surface area contributed by atoms with Crippen molar-refractivity contribution in [3.8, 4) is 11.1 Å². The molecule has 0 saturated carbocycles. The van der Waals surface area contributed by atoms with Gasteiger partial charge in [0.1, 0.15) is 0 Å². The summed E-state index contributed by atoms with van der Waals surface area (Å²) < 4.78 is 0. The van der Waals surface area contributed by atoms with Gasteiger partial charge in [-0.05, 0) is 131 Å². The quantitative estimate of drug-likeness (QED) is 0.115. The molecule has 0 N–H and O–H groups in total. The number of anilines is 8. The molecule has 3 nitrogen and oxygen atoms in total. The topological polar surface area (TPSA) is 9.72 Å². The Labute approximate surface area is 377 Å². The van der Waals surface area contributed by atoms with Crippen LogP contribution in [-0.4, -0.2) is 6.04 Å². The third kappa shape index (κ3) is 8.66. The Hall–Kier alpha value is -8.14. The summed E-state index contributed by atoms with van der Waals surface area (Å²) in [4.78, 5) is 7.13. The molecule has 2 unspecified atom stereocenters. The van der Waals surface area contributed by atoms with E-state index in [4.69, 9.17) is 0 Å². The maximum atomic E-state index is 2.49. The number of benzene rings is 9. The van der Waals surface area contributed by atoms with Gasteiger partial charge in [0.05, 0.1) is 6.04 Å². The van der Waals surface area contributed by atoms with E-state index in [9.17, 15) is 0 Å². The SMILES string of the molecule is C1=CC(N(c2ccc(-c3ccccc3)cc2)c2ccc(N(c3ccccc3)c3ccccc3)cc2)CC=C1C(c1ccccc1)c1ccc(N(c2ccccc2)c2ccccc2)cc1. The minimum Gasteiger partial charge on any atom is -0.334 e. The van der Waals surface area contributed by atoms with E-state index in [1.165, 1.54) is 27.8 Å². The van der Waals surface area contributed by atoms with E-state index in [0.717, 1.165) is 51.9 Å². The number of hydrogen-bond acceptors (Lipinski definition) is 3. The molecule has 2 atom stereocenters. The summed E-state index contributed by atoms with van der Waals surface area (Å²) in [6.07, 6.45) is 8.09. The molecular weight excluding hydrogens is 775 g/mol. The monoisotopic (exact) mass is 823 g/mol. The highest BCUT2D eigenvalue weighted by Gasteiger charge is 2.25. The Balaban J connectivity index is 0.985. The first-order chi connectivity index (χ1) is 31.8. The minimum atomic E-state index is 0.0780. The third-order valence-electron chi connectivity index (χ3n) is 12.1. The maximum Gasteiger partial charge on any atom is 0.0560 e. The van der Waals surface area contributed by atoms with Crippen LogP contribution in [0.3, 0.4) is 0 Å². The van der Waals surface area contributed by atoms with E-state index in [2.05, 4.69) is 288 Å². The summed E-state index contributed by atoms with van der Waals surface area (Å²) in [5, 5.41) is 0. The highest BCUT2D eigenvalue weighted by atomic mass is 15.2. The summed E-state index contributed by atoms with van der Waals surface area (Å²) in [5.41, 5.74) is 15.3. The van der Waals surface area contributed by atoms with Crippen molar-refractivity contribution in [2.75, 3.05) is 14.7 Å². The molecule has 0 spiro atoms. The zero-order valence-electron chi connectivity index (χ0n) is 35.7. The van der Waals surface area contributed by atoms with Crippen LogP contribution >= 0.6 is 0 Å². The lowest BCUT2D eigenvalue weighted by Gasteiger charge is -2.35. The van der Waals surface area contributed by atoms with Crippen LogP contribution in [0.4, 0.5) is 45.5 Å². The molecule has 0 aromatic heterocycles. The van der Waals surface area contributed by atoms with Crippen molar-refractivity contribution >= 4 is 45.5 Å². The van der Waals surface area contributed by atoms with Gasteiger partial charge in [-0.2, -0.15) is 0 Å². The zero-order valence-corrected chi connectivity index (χ0v) is 35.7. The second kappa shape index (κ2) is 18.9. The lowest BCUT2D eigenvalue weighted by Crippen LogP contribution is -2.30. The molecule has 1 aliphatic carbocycles. The fourth-order valence-corrected chi connectivity index (χ4v) is 9.01. The van der Waals surface area contributed by atoms with Crippen molar-refractivity contribution in [2.24, 2.45) is 0 Å². The van der Waals surface area contributed by atoms with E-state index in [0.29, 0.717) is 0 Å². The van der Waals surface area contributed by atoms with E-state index in [1.807, 2.05) is 0 Å². The second-order valence-electron chi connectivity index (χ2n) is 16.1. The van der Waals surface area contributed by atoms with Gasteiger partial charge in [-0.25, -0.2) is 0 Å². The standard InChI is InChI=1S/C61H49N3/c1-7-19-47(20-8-1)48-31-37-56(38-32-48)64(60-45-43-59(44-46-60)63(54-27-15-5-16-28-54)55-29-17-6-18-30-55)58-41-35-51(36-42-58)61(49-21-9-2-10-22-49)50-33-39-57(40-34-50)62(52-23-11-3-12-24-52)53-25-13-4-14-26-53/h1-41,43-46,58,61H,42H2. The summed E-state index contributed by atoms with van der Waals surface area (Å²) >= 11 is 0. The molecule has 0 aliphatic heterocycles. The van der Waals surface area contributed by atoms with Crippen molar-refractivity contribution in [3.63, 3.8) is 0 Å². The fourth-order valence-electron chi connectivity index (χ4n) is 9.01. The van der Waals surface area contributed by atoms with Gasteiger partial charge in [0, 0.05) is 51.4 Å². The van der Waals surface area contributed by atoms with Crippen LogP contribution < -0.4 is 14.7 Å². The lowest BCUT2D eigenvalue weighted by atomic mass is 9.82. The van der Waals surface area contributed by atoms with Crippen molar-refractivity contribution in [2.45, 2.75) is 18.4 Å². The molecule has 64 heavy (non-hydrogen) atoms. The van der Waals surface area contributed by atoms with E-state index in [-0.39, 0.29) is 12.0 Å². The number of allylic oxidation sites excluding steroid dienone is 2. The van der Waals surface area contributed by atoms with Gasteiger partial charge in [0.25, 0.3) is 0 Å². The van der Waals surface area contributed by atoms with Crippen LogP contribution in [0.15, 0.2) is 279 Å². The zero-order chi connectivity index (χ0) is 42.9. The summed E-state index contributed by atoms with van der Waals surface area (Å²) in [7, 11) is 0. The van der Waals surface area contributed by atoms with Crippen LogP contribution in [0, 0.1) is 0 Å². The number of nitrogens with zero attached hydrogens (tertiary/aromatic N) is 3. The van der Waals surface area contributed by atoms with Gasteiger partial charge < -0.3 is 14.7 Å². The predicted octanol–water partition coefficient (Wildman–Crippen LogP) is 16.5. The molecule has 308 valence electrons. The molecule has 0 saturated heterocycles. The minimum absolute atomic E-state index is 0.0780. The molecule has 1 aliphatic rings. The van der Waals surface area contributed by atoms with Crippen LogP contribution in [0.1, 0.15) is 23.5 Å². The number of para-hydroxylation sites is 4. The second-order valence-corrected chi connectivity index (χ2v) is 16.1. The molecule has 0 amide bonds. The van der Waals surface area contributed by atoms with Crippen molar-refractivity contribution in [3.05, 3.63) is 290 Å². The predicted molar refractivity (Wildman–Crippen MR) is 270 cm³/mol. The smallest absolute Gasteiger partial charge is 0.0560 e. The first-order valence-electron chi connectivity index (χ1n) is 22.2. The molecule has 0 radical (unpaired) electrons. The van der Waals surface area contributed by atoms with Crippen molar-refractivity contribution in [1.82, 2.24) is 0 Å². The van der Waals surface area contributed by atoms with Crippen LogP contribution in [0.2, 0.25) is 0 Å². The molecule has 0 fully saturated rings. The molecule has 3 heteroatoms. The van der Waals surface area contributed by atoms with Gasteiger partial charge in [-0.1, -0.05) is 176 Å². The maximum absolute atomic E-state index is 2.49. The van der Waals surface area contributed by atoms with Crippen LogP contribution in [0.5, 0.6) is 0 Å². The van der Waals surface area contributed by atoms with Gasteiger partial charge in [0.2, 0.25) is 0 Å². The first kappa shape index (κ1) is 40.0. The third-order valence-corrected chi connectivity index (χ3v) is 12.1. The molecule has 9 aromatic carbocycles. The highest BCUT2D eigenvalue weighted by Crippen LogP contribution is 2.42. The van der Waals surface area contributed by atoms with Gasteiger partial charge in [-0.3, -0.25) is 0 Å². The van der Waals surface area contributed by atoms with Gasteiger partial charge in [0.15, 0.2) is 0 Å². The Kier molecular flexibility index (Phi) is 11.8. The van der Waals surface area contributed by atoms with Crippen LogP contribution in [0.25, 0.3) is 11.1 Å². The Morgan fingerprint density at radius 3 is 1.06 bits per heavy atom. The Morgan fingerprint density at radius 1 is 0.312 bits per heavy atom. The van der Waals surface area contributed by atoms with Gasteiger partial charge >= 0.3 is 0 Å². The molecule has 10 rings (SSSR count). The summed E-state index contributed by atoms with van der Waals surface area (Å²) in [6, 6.07) is 91.3. The average Bonchev–Trinajstić information content (AvgIpc) is 3.38. The highest BCUT2D eigenvalue weighted by molar-refractivity contribution is 5.79. The molecular formula is C61H49N3. The Morgan fingerprint density at radius 2 is 0.641 bits per heavy atom. The van der Waals surface area contributed by atoms with E-state index < -0.39 is 0 Å². The van der Waals surface area contributed by atoms with E-state index in [1.54, 1.807) is 0 Å². The largest absolute Gasteiger partial charge is 0.334 e. The summed E-state index contributed by atoms with van der Waals surface area (Å²) in [6.45, 7) is 0. The van der Waals surface area contributed by atoms with Gasteiger partial charge in [-0.15, -0.1) is 0 Å². The average molecular weight is 824 g/mol. The normalized spacial score (nSPS) is 13.7. The van der Waals surface area contributed by atoms with Crippen LogP contribution in [-0.2, 0) is 0 Å². The Bertz CT molecular complexity index is 2840. The fraction of sp³-hybridized carbons (Fsp3) is 0.0492. The first-order valence-corrected chi connectivity index (χ1v) is 22.2. The summed E-state index contributed by atoms with van der Waals surface area (Å²) in [5.74, 6) is 0.0780. The number of hydrogen-bond donors (Lipinski definition) is 0. The van der Waals surface area contributed by atoms with Crippen molar-refractivity contribution < 1.29 is 0 Å². The molecule has 0 heterocycles. The molecule has 0 bridgehead atoms.